The van der Waals surface area contributed by atoms with E-state index in [4.69, 9.17) is 0 Å². The zero-order chi connectivity index (χ0) is 20.6. The molecule has 2 rings (SSSR count). The van der Waals surface area contributed by atoms with Crippen LogP contribution in [0.5, 0.6) is 5.75 Å². The van der Waals surface area contributed by atoms with Gasteiger partial charge >= 0.3 is 6.18 Å². The van der Waals surface area contributed by atoms with Crippen molar-refractivity contribution in [3.8, 4) is 17.1 Å². The lowest BCUT2D eigenvalue weighted by atomic mass is 9.84. The normalized spacial score (nSPS) is 12.6. The Balaban J connectivity index is 0.00000392. The largest absolute Gasteiger partial charge is 0.507 e. The molecule has 0 atom stereocenters. The molecule has 4 nitrogen and oxygen atoms in total. The van der Waals surface area contributed by atoms with E-state index >= 15 is 0 Å². The molecule has 0 radical (unpaired) electrons. The van der Waals surface area contributed by atoms with E-state index in [-0.39, 0.29) is 34.9 Å². The smallest absolute Gasteiger partial charge is 0.419 e. The Bertz CT molecular complexity index is 808. The van der Waals surface area contributed by atoms with Gasteiger partial charge in [-0.05, 0) is 37.8 Å². The summed E-state index contributed by atoms with van der Waals surface area (Å²) in [5.41, 5.74) is 0.606. The summed E-state index contributed by atoms with van der Waals surface area (Å²) in [6.45, 7) is 12.5. The molecule has 1 heterocycles. The van der Waals surface area contributed by atoms with Crippen LogP contribution < -0.4 is 5.32 Å². The minimum Gasteiger partial charge on any atom is -0.507 e. The first-order valence-corrected chi connectivity index (χ1v) is 8.69. The molecule has 2 aromatic rings. The standard InChI is InChI=1S/C20H26F3N3O.ClH/c1-18(2,3)13-7-12(9-26-19(4,5)6)16(27)15(8-13)17-24-10-14(11-25-17)20(21,22)23;/h7-8,10-11,26-27H,9H2,1-6H3;1H. The number of nitrogens with zero attached hydrogens (tertiary/aromatic N) is 2. The van der Waals surface area contributed by atoms with Crippen LogP contribution in [0, 0.1) is 0 Å². The van der Waals surface area contributed by atoms with Gasteiger partial charge in [-0.3, -0.25) is 0 Å². The van der Waals surface area contributed by atoms with Crippen LogP contribution in [0.1, 0.15) is 58.2 Å². The molecule has 28 heavy (non-hydrogen) atoms. The molecule has 0 fully saturated rings. The number of halogens is 4. The number of benzene rings is 1. The van der Waals surface area contributed by atoms with Crippen LogP contribution in [-0.4, -0.2) is 20.6 Å². The minimum absolute atomic E-state index is 0. The number of aromatic nitrogens is 2. The fourth-order valence-corrected chi connectivity index (χ4v) is 2.41. The summed E-state index contributed by atoms with van der Waals surface area (Å²) in [4.78, 5) is 7.68. The van der Waals surface area contributed by atoms with Gasteiger partial charge in [0.2, 0.25) is 0 Å². The van der Waals surface area contributed by atoms with Crippen LogP contribution in [-0.2, 0) is 18.1 Å². The molecule has 0 bridgehead atoms. The van der Waals surface area contributed by atoms with E-state index in [1.807, 2.05) is 47.6 Å². The minimum atomic E-state index is -4.50. The van der Waals surface area contributed by atoms with E-state index in [0.717, 1.165) is 18.0 Å². The molecule has 0 unspecified atom stereocenters. The van der Waals surface area contributed by atoms with Crippen molar-refractivity contribution >= 4 is 12.4 Å². The second kappa shape index (κ2) is 8.25. The van der Waals surface area contributed by atoms with E-state index in [0.29, 0.717) is 17.7 Å². The van der Waals surface area contributed by atoms with Gasteiger partial charge in [-0.25, -0.2) is 9.97 Å². The molecule has 0 saturated heterocycles. The molecule has 156 valence electrons. The topological polar surface area (TPSA) is 58.0 Å². The first-order chi connectivity index (χ1) is 12.2. The number of phenolic OH excluding ortho intramolecular Hbond substituents is 1. The van der Waals surface area contributed by atoms with E-state index in [1.54, 1.807) is 6.07 Å². The SMILES string of the molecule is CC(C)(C)NCc1cc(C(C)(C)C)cc(-c2ncc(C(F)(F)F)cn2)c1O.Cl. The molecule has 0 aliphatic heterocycles. The van der Waals surface area contributed by atoms with Crippen LogP contribution in [0.15, 0.2) is 24.5 Å². The van der Waals surface area contributed by atoms with Crippen molar-refractivity contribution in [1.29, 1.82) is 0 Å². The molecule has 0 saturated carbocycles. The van der Waals surface area contributed by atoms with E-state index in [2.05, 4.69) is 15.3 Å². The molecule has 1 aromatic carbocycles. The lowest BCUT2D eigenvalue weighted by Gasteiger charge is -2.25. The number of phenols is 1. The highest BCUT2D eigenvalue weighted by Crippen LogP contribution is 2.36. The third-order valence-electron chi connectivity index (χ3n) is 4.08. The average molecular weight is 418 g/mol. The van der Waals surface area contributed by atoms with Crippen LogP contribution >= 0.6 is 12.4 Å². The molecule has 8 heteroatoms. The van der Waals surface area contributed by atoms with Crippen molar-refractivity contribution < 1.29 is 18.3 Å². The number of aromatic hydroxyl groups is 1. The predicted octanol–water partition coefficient (Wildman–Crippen LogP) is 5.48. The van der Waals surface area contributed by atoms with E-state index in [1.165, 1.54) is 0 Å². The van der Waals surface area contributed by atoms with Crippen LogP contribution in [0.4, 0.5) is 13.2 Å². The van der Waals surface area contributed by atoms with Crippen molar-refractivity contribution in [2.45, 2.75) is 65.2 Å². The van der Waals surface area contributed by atoms with Gasteiger partial charge in [-0.2, -0.15) is 13.2 Å². The van der Waals surface area contributed by atoms with Gasteiger partial charge in [0.15, 0.2) is 5.82 Å². The average Bonchev–Trinajstić information content (AvgIpc) is 2.51. The Hall–Kier alpha value is -1.86. The van der Waals surface area contributed by atoms with E-state index in [9.17, 15) is 18.3 Å². The summed E-state index contributed by atoms with van der Waals surface area (Å²) in [7, 11) is 0. The van der Waals surface area contributed by atoms with Gasteiger partial charge in [-0.1, -0.05) is 26.8 Å². The van der Waals surface area contributed by atoms with Crippen LogP contribution in [0.2, 0.25) is 0 Å². The van der Waals surface area contributed by atoms with Crippen LogP contribution in [0.25, 0.3) is 11.4 Å². The second-order valence-electron chi connectivity index (χ2n) is 8.68. The fraction of sp³-hybridized carbons (Fsp3) is 0.500. The number of hydrogen-bond acceptors (Lipinski definition) is 4. The van der Waals surface area contributed by atoms with Crippen LogP contribution in [0.3, 0.4) is 0 Å². The first kappa shape index (κ1) is 24.2. The Kier molecular flexibility index (Phi) is 7.12. The van der Waals surface area contributed by atoms with Gasteiger partial charge in [-0.15, -0.1) is 12.4 Å². The molecule has 0 amide bonds. The summed E-state index contributed by atoms with van der Waals surface area (Å²) in [6, 6.07) is 3.64. The van der Waals surface area contributed by atoms with Crippen molar-refractivity contribution in [3.05, 3.63) is 41.2 Å². The molecule has 0 spiro atoms. The van der Waals surface area contributed by atoms with Crippen molar-refractivity contribution in [2.75, 3.05) is 0 Å². The Labute approximate surface area is 170 Å². The third-order valence-corrected chi connectivity index (χ3v) is 4.08. The van der Waals surface area contributed by atoms with E-state index < -0.39 is 11.7 Å². The summed E-state index contributed by atoms with van der Waals surface area (Å²) in [6.07, 6.45) is -3.03. The summed E-state index contributed by atoms with van der Waals surface area (Å²) >= 11 is 0. The molecular formula is C20H27ClF3N3O. The zero-order valence-electron chi connectivity index (χ0n) is 16.9. The maximum absolute atomic E-state index is 12.8. The molecule has 0 aliphatic rings. The maximum Gasteiger partial charge on any atom is 0.419 e. The summed E-state index contributed by atoms with van der Waals surface area (Å²) in [5, 5.41) is 14.0. The van der Waals surface area contributed by atoms with Gasteiger partial charge in [0.25, 0.3) is 0 Å². The number of nitrogens with one attached hydrogen (secondary N) is 1. The Morgan fingerprint density at radius 2 is 1.46 bits per heavy atom. The summed E-state index contributed by atoms with van der Waals surface area (Å²) in [5.74, 6) is 0.0307. The van der Waals surface area contributed by atoms with Gasteiger partial charge in [0, 0.05) is 30.0 Å². The van der Waals surface area contributed by atoms with Crippen molar-refractivity contribution in [3.63, 3.8) is 0 Å². The van der Waals surface area contributed by atoms with Gasteiger partial charge in [0.1, 0.15) is 5.75 Å². The number of rotatable bonds is 3. The van der Waals surface area contributed by atoms with Gasteiger partial charge in [0.05, 0.1) is 11.1 Å². The molecule has 1 aromatic heterocycles. The number of hydrogen-bond donors (Lipinski definition) is 2. The fourth-order valence-electron chi connectivity index (χ4n) is 2.41. The predicted molar refractivity (Wildman–Crippen MR) is 107 cm³/mol. The zero-order valence-corrected chi connectivity index (χ0v) is 17.7. The highest BCUT2D eigenvalue weighted by molar-refractivity contribution is 5.85. The summed E-state index contributed by atoms with van der Waals surface area (Å²) < 4.78 is 38.3. The highest BCUT2D eigenvalue weighted by Gasteiger charge is 2.31. The van der Waals surface area contributed by atoms with Crippen molar-refractivity contribution in [1.82, 2.24) is 15.3 Å². The maximum atomic E-state index is 12.8. The number of alkyl halides is 3. The lowest BCUT2D eigenvalue weighted by molar-refractivity contribution is -0.138. The van der Waals surface area contributed by atoms with Gasteiger partial charge < -0.3 is 10.4 Å². The Morgan fingerprint density at radius 3 is 1.89 bits per heavy atom. The second-order valence-corrected chi connectivity index (χ2v) is 8.68. The Morgan fingerprint density at radius 1 is 0.929 bits per heavy atom. The highest BCUT2D eigenvalue weighted by atomic mass is 35.5. The van der Waals surface area contributed by atoms with Crippen molar-refractivity contribution in [2.24, 2.45) is 0 Å². The molecular weight excluding hydrogens is 391 g/mol. The third kappa shape index (κ3) is 6.07. The monoisotopic (exact) mass is 417 g/mol. The first-order valence-electron chi connectivity index (χ1n) is 8.69. The molecule has 0 aliphatic carbocycles. The lowest BCUT2D eigenvalue weighted by Crippen LogP contribution is -2.35. The molecule has 2 N–H and O–H groups in total. The quantitative estimate of drug-likeness (QED) is 0.694.